The highest BCUT2D eigenvalue weighted by molar-refractivity contribution is 5.89. The predicted molar refractivity (Wildman–Crippen MR) is 115 cm³/mol. The largest absolute Gasteiger partial charge is 0.494 e. The highest BCUT2D eigenvalue weighted by atomic mass is 16.5. The topological polar surface area (TPSA) is 74.5 Å². The second-order valence-corrected chi connectivity index (χ2v) is 7.12. The number of aromatic nitrogens is 2. The van der Waals surface area contributed by atoms with E-state index in [9.17, 15) is 4.79 Å². The second-order valence-electron chi connectivity index (χ2n) is 7.12. The minimum atomic E-state index is -0.383. The van der Waals surface area contributed by atoms with Gasteiger partial charge >= 0.3 is 5.97 Å². The fourth-order valence-corrected chi connectivity index (χ4v) is 3.09. The zero-order valence-electron chi connectivity index (χ0n) is 17.6. The fraction of sp³-hybridized carbons (Fsp3) is 0.375. The molecule has 6 heteroatoms. The van der Waals surface area contributed by atoms with Gasteiger partial charge in [0.05, 0.1) is 19.3 Å². The summed E-state index contributed by atoms with van der Waals surface area (Å²) in [5, 5.41) is 8.24. The van der Waals surface area contributed by atoms with Crippen LogP contribution in [0.2, 0.25) is 0 Å². The minimum Gasteiger partial charge on any atom is -0.494 e. The van der Waals surface area contributed by atoms with Crippen molar-refractivity contribution >= 4 is 5.97 Å². The zero-order valence-corrected chi connectivity index (χ0v) is 17.6. The van der Waals surface area contributed by atoms with Crippen molar-refractivity contribution in [2.75, 3.05) is 13.7 Å². The lowest BCUT2D eigenvalue weighted by atomic mass is 10.1. The number of rotatable bonds is 11. The standard InChI is InChI=1S/C24H28N2O4/c1-3-4-5-6-7-8-17-29-21-15-13-19(14-16-21)23-26-25-22(30-23)18-9-11-20(12-10-18)24(27)28-2/h9-16H,3-8,17H2,1-2H3. The number of unbranched alkanes of at least 4 members (excludes halogenated alkanes) is 5. The Morgan fingerprint density at radius 1 is 0.833 bits per heavy atom. The summed E-state index contributed by atoms with van der Waals surface area (Å²) < 4.78 is 16.3. The summed E-state index contributed by atoms with van der Waals surface area (Å²) in [6.07, 6.45) is 7.47. The SMILES string of the molecule is CCCCCCCCOc1ccc(-c2nnc(-c3ccc(C(=O)OC)cc3)o2)cc1. The second kappa shape index (κ2) is 11.1. The van der Waals surface area contributed by atoms with Crippen LogP contribution >= 0.6 is 0 Å². The van der Waals surface area contributed by atoms with E-state index in [0.717, 1.165) is 29.9 Å². The first kappa shape index (κ1) is 21.6. The summed E-state index contributed by atoms with van der Waals surface area (Å²) in [4.78, 5) is 11.5. The van der Waals surface area contributed by atoms with Gasteiger partial charge in [-0.3, -0.25) is 0 Å². The van der Waals surface area contributed by atoms with E-state index in [1.54, 1.807) is 24.3 Å². The van der Waals surface area contributed by atoms with E-state index in [0.29, 0.717) is 17.3 Å². The van der Waals surface area contributed by atoms with Crippen LogP contribution in [0.1, 0.15) is 55.8 Å². The van der Waals surface area contributed by atoms with Gasteiger partial charge in [-0.15, -0.1) is 10.2 Å². The minimum absolute atomic E-state index is 0.383. The Labute approximate surface area is 177 Å². The molecule has 6 nitrogen and oxygen atoms in total. The molecule has 0 bridgehead atoms. The molecule has 0 aliphatic carbocycles. The van der Waals surface area contributed by atoms with E-state index in [4.69, 9.17) is 13.9 Å². The molecule has 3 aromatic rings. The Bertz CT molecular complexity index is 917. The van der Waals surface area contributed by atoms with Gasteiger partial charge < -0.3 is 13.9 Å². The van der Waals surface area contributed by atoms with Gasteiger partial charge in [0.1, 0.15) is 5.75 Å². The molecule has 0 radical (unpaired) electrons. The first-order valence-corrected chi connectivity index (χ1v) is 10.5. The van der Waals surface area contributed by atoms with Crippen molar-refractivity contribution in [1.29, 1.82) is 0 Å². The van der Waals surface area contributed by atoms with Crippen molar-refractivity contribution in [3.05, 3.63) is 54.1 Å². The monoisotopic (exact) mass is 408 g/mol. The smallest absolute Gasteiger partial charge is 0.337 e. The molecular weight excluding hydrogens is 380 g/mol. The van der Waals surface area contributed by atoms with Gasteiger partial charge in [0.25, 0.3) is 0 Å². The van der Waals surface area contributed by atoms with Crippen LogP contribution in [-0.2, 0) is 4.74 Å². The third-order valence-corrected chi connectivity index (χ3v) is 4.85. The summed E-state index contributed by atoms with van der Waals surface area (Å²) >= 11 is 0. The van der Waals surface area contributed by atoms with E-state index >= 15 is 0 Å². The van der Waals surface area contributed by atoms with Crippen molar-refractivity contribution in [1.82, 2.24) is 10.2 Å². The molecule has 1 heterocycles. The number of carbonyl (C=O) groups excluding carboxylic acids is 1. The van der Waals surface area contributed by atoms with Crippen molar-refractivity contribution in [3.63, 3.8) is 0 Å². The average molecular weight is 408 g/mol. The molecule has 30 heavy (non-hydrogen) atoms. The maximum atomic E-state index is 11.5. The van der Waals surface area contributed by atoms with Crippen LogP contribution in [-0.4, -0.2) is 29.9 Å². The van der Waals surface area contributed by atoms with Gasteiger partial charge in [-0.2, -0.15) is 0 Å². The van der Waals surface area contributed by atoms with Gasteiger partial charge in [0, 0.05) is 11.1 Å². The Balaban J connectivity index is 1.53. The van der Waals surface area contributed by atoms with Crippen molar-refractivity contribution in [2.24, 2.45) is 0 Å². The first-order valence-electron chi connectivity index (χ1n) is 10.5. The number of benzene rings is 2. The Morgan fingerprint density at radius 2 is 1.40 bits per heavy atom. The van der Waals surface area contributed by atoms with Crippen molar-refractivity contribution in [2.45, 2.75) is 45.4 Å². The molecule has 0 amide bonds. The van der Waals surface area contributed by atoms with Gasteiger partial charge in [-0.25, -0.2) is 4.79 Å². The molecule has 0 aliphatic heterocycles. The van der Waals surface area contributed by atoms with Crippen LogP contribution in [0.25, 0.3) is 22.9 Å². The van der Waals surface area contributed by atoms with Gasteiger partial charge in [0.15, 0.2) is 0 Å². The molecular formula is C24H28N2O4. The molecule has 0 atom stereocenters. The van der Waals surface area contributed by atoms with Crippen LogP contribution in [0.3, 0.4) is 0 Å². The Hall–Kier alpha value is -3.15. The van der Waals surface area contributed by atoms with Crippen LogP contribution < -0.4 is 4.74 Å². The summed E-state index contributed by atoms with van der Waals surface area (Å²) in [7, 11) is 1.35. The number of ether oxygens (including phenoxy) is 2. The van der Waals surface area contributed by atoms with Gasteiger partial charge in [-0.05, 0) is 55.0 Å². The van der Waals surface area contributed by atoms with E-state index in [1.807, 2.05) is 24.3 Å². The van der Waals surface area contributed by atoms with E-state index in [1.165, 1.54) is 39.2 Å². The summed E-state index contributed by atoms with van der Waals surface area (Å²) in [5.41, 5.74) is 2.03. The van der Waals surface area contributed by atoms with Crippen LogP contribution in [0, 0.1) is 0 Å². The first-order chi connectivity index (χ1) is 14.7. The predicted octanol–water partition coefficient (Wildman–Crippen LogP) is 5.93. The van der Waals surface area contributed by atoms with Crippen LogP contribution in [0.5, 0.6) is 5.75 Å². The molecule has 0 aliphatic rings. The normalized spacial score (nSPS) is 10.7. The molecule has 158 valence electrons. The maximum Gasteiger partial charge on any atom is 0.337 e. The summed E-state index contributed by atoms with van der Waals surface area (Å²) in [6.45, 7) is 2.96. The summed E-state index contributed by atoms with van der Waals surface area (Å²) in [5.74, 6) is 1.28. The highest BCUT2D eigenvalue weighted by Gasteiger charge is 2.12. The number of methoxy groups -OCH3 is 1. The number of hydrogen-bond acceptors (Lipinski definition) is 6. The Kier molecular flexibility index (Phi) is 8.01. The Morgan fingerprint density at radius 3 is 2.00 bits per heavy atom. The molecule has 1 aromatic heterocycles. The number of esters is 1. The van der Waals surface area contributed by atoms with Crippen LogP contribution in [0.15, 0.2) is 52.9 Å². The number of hydrogen-bond donors (Lipinski definition) is 0. The molecule has 0 unspecified atom stereocenters. The molecule has 0 saturated carbocycles. The summed E-state index contributed by atoms with van der Waals surface area (Å²) in [6, 6.07) is 14.5. The third kappa shape index (κ3) is 5.92. The van der Waals surface area contributed by atoms with E-state index in [2.05, 4.69) is 17.1 Å². The average Bonchev–Trinajstić information content (AvgIpc) is 3.29. The van der Waals surface area contributed by atoms with Gasteiger partial charge in [-0.1, -0.05) is 39.0 Å². The number of nitrogens with zero attached hydrogens (tertiary/aromatic N) is 2. The van der Waals surface area contributed by atoms with E-state index in [-0.39, 0.29) is 5.97 Å². The zero-order chi connectivity index (χ0) is 21.2. The lowest BCUT2D eigenvalue weighted by Crippen LogP contribution is -2.00. The lowest BCUT2D eigenvalue weighted by Gasteiger charge is -2.06. The lowest BCUT2D eigenvalue weighted by molar-refractivity contribution is 0.0600. The molecule has 0 spiro atoms. The van der Waals surface area contributed by atoms with Gasteiger partial charge in [0.2, 0.25) is 11.8 Å². The molecule has 0 saturated heterocycles. The van der Waals surface area contributed by atoms with Crippen molar-refractivity contribution < 1.29 is 18.7 Å². The van der Waals surface area contributed by atoms with E-state index < -0.39 is 0 Å². The molecule has 0 fully saturated rings. The molecule has 0 N–H and O–H groups in total. The highest BCUT2D eigenvalue weighted by Crippen LogP contribution is 2.26. The fourth-order valence-electron chi connectivity index (χ4n) is 3.09. The molecule has 2 aromatic carbocycles. The van der Waals surface area contributed by atoms with Crippen LogP contribution in [0.4, 0.5) is 0 Å². The molecule has 3 rings (SSSR count). The third-order valence-electron chi connectivity index (χ3n) is 4.85. The number of carbonyl (C=O) groups is 1. The van der Waals surface area contributed by atoms with Crippen molar-refractivity contribution in [3.8, 4) is 28.7 Å². The maximum absolute atomic E-state index is 11.5. The quantitative estimate of drug-likeness (QED) is 0.289.